The van der Waals surface area contributed by atoms with Gasteiger partial charge in [-0.05, 0) is 41.7 Å². The monoisotopic (exact) mass is 333 g/mol. The fraction of sp³-hybridized carbons (Fsp3) is 0.250. The zero-order valence-corrected chi connectivity index (χ0v) is 15.0. The maximum absolute atomic E-state index is 4.48. The largest absolute Gasteiger partial charge is 0.339 e. The molecule has 0 saturated carbocycles. The van der Waals surface area contributed by atoms with E-state index < -0.39 is 0 Å². The molecule has 0 atom stereocenters. The Morgan fingerprint density at radius 1 is 0.880 bits per heavy atom. The van der Waals surface area contributed by atoms with Gasteiger partial charge in [-0.1, -0.05) is 51.1 Å². The first kappa shape index (κ1) is 16.9. The van der Waals surface area contributed by atoms with Crippen LogP contribution in [-0.4, -0.2) is 15.2 Å². The molecule has 0 radical (unpaired) electrons. The highest BCUT2D eigenvalue weighted by Gasteiger charge is 2.13. The van der Waals surface area contributed by atoms with E-state index in [1.54, 1.807) is 6.20 Å². The summed E-state index contributed by atoms with van der Waals surface area (Å²) < 4.78 is 0. The molecule has 2 N–H and O–H groups in total. The number of aromatic nitrogens is 3. The maximum atomic E-state index is 4.48. The number of nitrogens with zero attached hydrogens (tertiary/aromatic N) is 3. The highest BCUT2D eigenvalue weighted by molar-refractivity contribution is 5.60. The SMILES string of the molecule is Cc1ccccc1Nc1nncc(Nc2ccc(C(C)(C)C)cc2)n1. The van der Waals surface area contributed by atoms with E-state index in [-0.39, 0.29) is 5.41 Å². The highest BCUT2D eigenvalue weighted by Crippen LogP contribution is 2.24. The van der Waals surface area contributed by atoms with Crippen LogP contribution in [-0.2, 0) is 5.41 Å². The third-order valence-electron chi connectivity index (χ3n) is 3.97. The fourth-order valence-corrected chi connectivity index (χ4v) is 2.45. The van der Waals surface area contributed by atoms with Crippen molar-refractivity contribution in [1.82, 2.24) is 15.2 Å². The van der Waals surface area contributed by atoms with Crippen LogP contribution in [0.25, 0.3) is 0 Å². The molecule has 5 heteroatoms. The van der Waals surface area contributed by atoms with Crippen molar-refractivity contribution in [2.24, 2.45) is 0 Å². The molecule has 1 aromatic heterocycles. The molecule has 0 aliphatic rings. The molecule has 3 aromatic rings. The molecule has 0 amide bonds. The second kappa shape index (κ2) is 6.89. The van der Waals surface area contributed by atoms with Crippen LogP contribution in [0.15, 0.2) is 54.7 Å². The molecule has 0 unspecified atom stereocenters. The minimum atomic E-state index is 0.139. The Bertz CT molecular complexity index is 850. The lowest BCUT2D eigenvalue weighted by molar-refractivity contribution is 0.590. The summed E-state index contributed by atoms with van der Waals surface area (Å²) in [5.74, 6) is 1.11. The van der Waals surface area contributed by atoms with Crippen molar-refractivity contribution in [2.75, 3.05) is 10.6 Å². The lowest BCUT2D eigenvalue weighted by Gasteiger charge is -2.19. The van der Waals surface area contributed by atoms with E-state index in [4.69, 9.17) is 0 Å². The van der Waals surface area contributed by atoms with Gasteiger partial charge in [0.2, 0.25) is 5.95 Å². The predicted molar refractivity (Wildman–Crippen MR) is 103 cm³/mol. The van der Waals surface area contributed by atoms with Crippen LogP contribution in [0, 0.1) is 6.92 Å². The maximum Gasteiger partial charge on any atom is 0.249 e. The van der Waals surface area contributed by atoms with E-state index in [0.29, 0.717) is 11.8 Å². The second-order valence-electron chi connectivity index (χ2n) is 7.06. The summed E-state index contributed by atoms with van der Waals surface area (Å²) in [5, 5.41) is 14.5. The molecular weight excluding hydrogens is 310 g/mol. The Kier molecular flexibility index (Phi) is 4.65. The average Bonchev–Trinajstić information content (AvgIpc) is 2.57. The van der Waals surface area contributed by atoms with Gasteiger partial charge in [0.25, 0.3) is 0 Å². The van der Waals surface area contributed by atoms with Crippen molar-refractivity contribution < 1.29 is 0 Å². The van der Waals surface area contributed by atoms with Crippen molar-refractivity contribution in [3.63, 3.8) is 0 Å². The summed E-state index contributed by atoms with van der Waals surface area (Å²) in [4.78, 5) is 4.48. The smallest absolute Gasteiger partial charge is 0.249 e. The Morgan fingerprint density at radius 2 is 1.60 bits per heavy atom. The van der Waals surface area contributed by atoms with Gasteiger partial charge in [-0.2, -0.15) is 10.1 Å². The van der Waals surface area contributed by atoms with Gasteiger partial charge in [0, 0.05) is 11.4 Å². The van der Waals surface area contributed by atoms with E-state index in [2.05, 4.69) is 70.9 Å². The lowest BCUT2D eigenvalue weighted by atomic mass is 9.87. The minimum Gasteiger partial charge on any atom is -0.339 e. The molecule has 0 spiro atoms. The van der Waals surface area contributed by atoms with Crippen molar-refractivity contribution in [3.8, 4) is 0 Å². The van der Waals surface area contributed by atoms with Crippen LogP contribution in [0.1, 0.15) is 31.9 Å². The Balaban J connectivity index is 1.75. The van der Waals surface area contributed by atoms with E-state index in [1.807, 2.05) is 31.2 Å². The number of nitrogens with one attached hydrogen (secondary N) is 2. The molecule has 5 nitrogen and oxygen atoms in total. The first-order chi connectivity index (χ1) is 11.9. The molecule has 1 heterocycles. The summed E-state index contributed by atoms with van der Waals surface area (Å²) in [6.07, 6.45) is 1.61. The van der Waals surface area contributed by atoms with Crippen LogP contribution in [0.2, 0.25) is 0 Å². The number of aryl methyl sites for hydroxylation is 1. The van der Waals surface area contributed by atoms with Crippen molar-refractivity contribution in [3.05, 3.63) is 65.9 Å². The summed E-state index contributed by atoms with van der Waals surface area (Å²) in [6.45, 7) is 8.64. The number of benzene rings is 2. The molecule has 25 heavy (non-hydrogen) atoms. The molecule has 0 saturated heterocycles. The summed E-state index contributed by atoms with van der Waals surface area (Å²) in [6, 6.07) is 16.4. The van der Waals surface area contributed by atoms with Gasteiger partial charge < -0.3 is 10.6 Å². The number of anilines is 4. The Hall–Kier alpha value is -2.95. The molecular formula is C20H23N5. The fourth-order valence-electron chi connectivity index (χ4n) is 2.45. The summed E-state index contributed by atoms with van der Waals surface area (Å²) in [5.41, 5.74) is 4.49. The van der Waals surface area contributed by atoms with Crippen LogP contribution in [0.5, 0.6) is 0 Å². The van der Waals surface area contributed by atoms with Gasteiger partial charge in [0.15, 0.2) is 5.82 Å². The quantitative estimate of drug-likeness (QED) is 0.706. The van der Waals surface area contributed by atoms with Crippen molar-refractivity contribution in [2.45, 2.75) is 33.1 Å². The molecule has 2 aromatic carbocycles. The second-order valence-corrected chi connectivity index (χ2v) is 7.06. The van der Waals surface area contributed by atoms with Gasteiger partial charge >= 0.3 is 0 Å². The van der Waals surface area contributed by atoms with Crippen LogP contribution in [0.3, 0.4) is 0 Å². The first-order valence-corrected chi connectivity index (χ1v) is 8.32. The van der Waals surface area contributed by atoms with Gasteiger partial charge in [-0.15, -0.1) is 5.10 Å². The molecule has 0 fully saturated rings. The van der Waals surface area contributed by atoms with E-state index in [9.17, 15) is 0 Å². The van der Waals surface area contributed by atoms with Crippen LogP contribution >= 0.6 is 0 Å². The summed E-state index contributed by atoms with van der Waals surface area (Å²) >= 11 is 0. The van der Waals surface area contributed by atoms with E-state index in [0.717, 1.165) is 16.9 Å². The molecule has 128 valence electrons. The lowest BCUT2D eigenvalue weighted by Crippen LogP contribution is -2.10. The number of hydrogen-bond donors (Lipinski definition) is 2. The molecule has 3 rings (SSSR count). The molecule has 0 bridgehead atoms. The zero-order chi connectivity index (χ0) is 17.9. The van der Waals surface area contributed by atoms with Gasteiger partial charge in [-0.3, -0.25) is 0 Å². The third kappa shape index (κ3) is 4.32. The van der Waals surface area contributed by atoms with E-state index >= 15 is 0 Å². The third-order valence-corrected chi connectivity index (χ3v) is 3.97. The van der Waals surface area contributed by atoms with Gasteiger partial charge in [-0.25, -0.2) is 0 Å². The van der Waals surface area contributed by atoms with Crippen molar-refractivity contribution in [1.29, 1.82) is 0 Å². The van der Waals surface area contributed by atoms with Gasteiger partial charge in [0.05, 0.1) is 6.20 Å². The predicted octanol–water partition coefficient (Wildman–Crippen LogP) is 4.96. The standard InChI is InChI=1S/C20H23N5/c1-14-7-5-6-8-17(14)23-19-24-18(13-21-25-19)22-16-11-9-15(10-12-16)20(2,3)4/h5-13H,1-4H3,(H2,22,23,24,25). The Labute approximate surface area is 148 Å². The van der Waals surface area contributed by atoms with Gasteiger partial charge in [0.1, 0.15) is 0 Å². The molecule has 0 aliphatic carbocycles. The minimum absolute atomic E-state index is 0.139. The normalized spacial score (nSPS) is 11.2. The highest BCUT2D eigenvalue weighted by atomic mass is 15.3. The topological polar surface area (TPSA) is 62.7 Å². The first-order valence-electron chi connectivity index (χ1n) is 8.32. The average molecular weight is 333 g/mol. The summed E-state index contributed by atoms with van der Waals surface area (Å²) in [7, 11) is 0. The van der Waals surface area contributed by atoms with E-state index in [1.165, 1.54) is 5.56 Å². The Morgan fingerprint density at radius 3 is 2.28 bits per heavy atom. The number of rotatable bonds is 4. The molecule has 0 aliphatic heterocycles. The van der Waals surface area contributed by atoms with Crippen LogP contribution in [0.4, 0.5) is 23.1 Å². The van der Waals surface area contributed by atoms with Crippen LogP contribution < -0.4 is 10.6 Å². The number of para-hydroxylation sites is 1. The zero-order valence-electron chi connectivity index (χ0n) is 15.0. The van der Waals surface area contributed by atoms with Crippen molar-refractivity contribution >= 4 is 23.1 Å². The number of hydrogen-bond acceptors (Lipinski definition) is 5.